The van der Waals surface area contributed by atoms with Crippen molar-refractivity contribution in [2.24, 2.45) is 0 Å². The summed E-state index contributed by atoms with van der Waals surface area (Å²) in [5.41, 5.74) is 0. The molecule has 0 unspecified atom stereocenters. The Bertz CT molecular complexity index is 116. The Kier molecular flexibility index (Phi) is 0.922. The van der Waals surface area contributed by atoms with Crippen molar-refractivity contribution in [3.05, 3.63) is 0 Å². The lowest BCUT2D eigenvalue weighted by atomic mass is 9.96. The van der Waals surface area contributed by atoms with Gasteiger partial charge < -0.3 is 0 Å². The number of thiol groups is 1. The number of rotatable bonds is 0. The molecule has 0 amide bonds. The standard InChI is InChI=1S/C4H4O2S/c5-2-1-3(6)4(2)7/h4,7H,1H2. The summed E-state index contributed by atoms with van der Waals surface area (Å²) in [6, 6.07) is 0. The van der Waals surface area contributed by atoms with Gasteiger partial charge in [-0.15, -0.1) is 0 Å². The normalized spacial score (nSPS) is 22.4. The molecule has 38 valence electrons. The van der Waals surface area contributed by atoms with Gasteiger partial charge in [0.2, 0.25) is 0 Å². The third kappa shape index (κ3) is 0.567. The lowest BCUT2D eigenvalue weighted by molar-refractivity contribution is -0.136. The van der Waals surface area contributed by atoms with E-state index < -0.39 is 5.25 Å². The van der Waals surface area contributed by atoms with E-state index in [1.165, 1.54) is 0 Å². The van der Waals surface area contributed by atoms with Crippen LogP contribution in [-0.2, 0) is 9.59 Å². The molecule has 0 radical (unpaired) electrons. The number of ketones is 2. The van der Waals surface area contributed by atoms with Gasteiger partial charge in [-0.25, -0.2) is 0 Å². The molecule has 1 aliphatic carbocycles. The molecular formula is C4H4O2S. The van der Waals surface area contributed by atoms with Gasteiger partial charge in [0.15, 0.2) is 11.6 Å². The van der Waals surface area contributed by atoms with Gasteiger partial charge in [-0.05, 0) is 0 Å². The third-order valence-corrected chi connectivity index (χ3v) is 1.53. The minimum Gasteiger partial charge on any atom is -0.297 e. The summed E-state index contributed by atoms with van der Waals surface area (Å²) >= 11 is 3.68. The second kappa shape index (κ2) is 1.33. The van der Waals surface area contributed by atoms with Crippen LogP contribution in [0.1, 0.15) is 6.42 Å². The van der Waals surface area contributed by atoms with Crippen LogP contribution >= 0.6 is 12.6 Å². The second-order valence-corrected chi connectivity index (χ2v) is 2.03. The molecule has 0 aromatic heterocycles. The molecule has 0 heterocycles. The number of hydrogen-bond donors (Lipinski definition) is 1. The summed E-state index contributed by atoms with van der Waals surface area (Å²) in [5, 5.41) is -0.583. The fraction of sp³-hybridized carbons (Fsp3) is 0.500. The fourth-order valence-electron chi connectivity index (χ4n) is 0.414. The molecule has 2 nitrogen and oxygen atoms in total. The highest BCUT2D eigenvalue weighted by Crippen LogP contribution is 2.14. The quantitative estimate of drug-likeness (QED) is 0.352. The molecule has 0 atom stereocenters. The van der Waals surface area contributed by atoms with E-state index in [4.69, 9.17) is 0 Å². The zero-order valence-corrected chi connectivity index (χ0v) is 4.44. The van der Waals surface area contributed by atoms with E-state index >= 15 is 0 Å². The number of hydrogen-bond acceptors (Lipinski definition) is 3. The van der Waals surface area contributed by atoms with Gasteiger partial charge in [0, 0.05) is 0 Å². The fourth-order valence-corrected chi connectivity index (χ4v) is 0.596. The van der Waals surface area contributed by atoms with Gasteiger partial charge in [0.1, 0.15) is 5.25 Å². The predicted molar refractivity (Wildman–Crippen MR) is 27.4 cm³/mol. The van der Waals surface area contributed by atoms with Gasteiger partial charge in [0.05, 0.1) is 6.42 Å². The van der Waals surface area contributed by atoms with Crippen molar-refractivity contribution in [3.63, 3.8) is 0 Å². The molecule has 1 saturated carbocycles. The molecule has 0 aromatic carbocycles. The molecule has 1 fully saturated rings. The molecule has 0 N–H and O–H groups in total. The van der Waals surface area contributed by atoms with Crippen molar-refractivity contribution in [1.82, 2.24) is 0 Å². The minimum atomic E-state index is -0.583. The van der Waals surface area contributed by atoms with Crippen LogP contribution in [0.15, 0.2) is 0 Å². The summed E-state index contributed by atoms with van der Waals surface area (Å²) in [5.74, 6) is -0.0957. The Balaban J connectivity index is 2.59. The summed E-state index contributed by atoms with van der Waals surface area (Å²) in [6.45, 7) is 0. The maximum atomic E-state index is 10.1. The monoisotopic (exact) mass is 116 g/mol. The van der Waals surface area contributed by atoms with Crippen LogP contribution < -0.4 is 0 Å². The number of Topliss-reactive ketones (excluding diaryl/α,β-unsaturated/α-hetero) is 2. The van der Waals surface area contributed by atoms with Crippen LogP contribution in [0, 0.1) is 0 Å². The SMILES string of the molecule is O=C1CC(=O)C1S. The highest BCUT2D eigenvalue weighted by Gasteiger charge is 2.34. The molecule has 3 heteroatoms. The minimum absolute atomic E-state index is 0.0478. The van der Waals surface area contributed by atoms with Gasteiger partial charge in [0.25, 0.3) is 0 Å². The van der Waals surface area contributed by atoms with Crippen molar-refractivity contribution in [2.45, 2.75) is 11.7 Å². The van der Waals surface area contributed by atoms with Crippen LogP contribution in [0.5, 0.6) is 0 Å². The van der Waals surface area contributed by atoms with Crippen molar-refractivity contribution in [3.8, 4) is 0 Å². The first-order valence-electron chi connectivity index (χ1n) is 1.95. The van der Waals surface area contributed by atoms with Gasteiger partial charge in [-0.1, -0.05) is 0 Å². The molecule has 0 spiro atoms. The third-order valence-electron chi connectivity index (χ3n) is 0.958. The van der Waals surface area contributed by atoms with E-state index in [1.807, 2.05) is 0 Å². The van der Waals surface area contributed by atoms with Crippen LogP contribution in [0.25, 0.3) is 0 Å². The Morgan fingerprint density at radius 3 is 1.86 bits per heavy atom. The zero-order chi connectivity index (χ0) is 5.44. The van der Waals surface area contributed by atoms with Gasteiger partial charge in [-0.3, -0.25) is 9.59 Å². The van der Waals surface area contributed by atoms with Crippen LogP contribution in [0.2, 0.25) is 0 Å². The Hall–Kier alpha value is -0.310. The van der Waals surface area contributed by atoms with Gasteiger partial charge >= 0.3 is 0 Å². The van der Waals surface area contributed by atoms with E-state index in [2.05, 4.69) is 12.6 Å². The van der Waals surface area contributed by atoms with E-state index in [0.717, 1.165) is 0 Å². The Labute approximate surface area is 46.3 Å². The second-order valence-electron chi connectivity index (χ2n) is 1.51. The Morgan fingerprint density at radius 2 is 1.86 bits per heavy atom. The van der Waals surface area contributed by atoms with E-state index in [9.17, 15) is 9.59 Å². The lowest BCUT2D eigenvalue weighted by Gasteiger charge is -2.15. The van der Waals surface area contributed by atoms with E-state index in [-0.39, 0.29) is 18.0 Å². The molecule has 0 aromatic rings. The number of carbonyl (C=O) groups is 2. The average Bonchev–Trinajstić information content (AvgIpc) is 1.68. The maximum Gasteiger partial charge on any atom is 0.160 e. The summed E-state index contributed by atoms with van der Waals surface area (Å²) in [4.78, 5) is 20.3. The lowest BCUT2D eigenvalue weighted by Crippen LogP contribution is -2.38. The van der Waals surface area contributed by atoms with Gasteiger partial charge in [-0.2, -0.15) is 12.6 Å². The summed E-state index contributed by atoms with van der Waals surface area (Å²) in [6.07, 6.45) is 0.105. The van der Waals surface area contributed by atoms with Crippen LogP contribution in [0.4, 0.5) is 0 Å². The molecular weight excluding hydrogens is 112 g/mol. The first-order valence-corrected chi connectivity index (χ1v) is 2.47. The number of carbonyl (C=O) groups excluding carboxylic acids is 2. The average molecular weight is 116 g/mol. The molecule has 1 rings (SSSR count). The molecule has 0 aliphatic heterocycles. The molecule has 0 saturated heterocycles. The van der Waals surface area contributed by atoms with E-state index in [1.54, 1.807) is 0 Å². The predicted octanol–water partition coefficient (Wildman–Crippen LogP) is -0.173. The van der Waals surface area contributed by atoms with Crippen molar-refractivity contribution >= 4 is 24.2 Å². The van der Waals surface area contributed by atoms with Crippen molar-refractivity contribution in [1.29, 1.82) is 0 Å². The summed E-state index contributed by atoms with van der Waals surface area (Å²) in [7, 11) is 0. The highest BCUT2D eigenvalue weighted by molar-refractivity contribution is 7.83. The Morgan fingerprint density at radius 1 is 1.43 bits per heavy atom. The summed E-state index contributed by atoms with van der Waals surface area (Å²) < 4.78 is 0. The molecule has 0 bridgehead atoms. The van der Waals surface area contributed by atoms with Crippen LogP contribution in [-0.4, -0.2) is 16.8 Å². The van der Waals surface area contributed by atoms with Crippen molar-refractivity contribution < 1.29 is 9.59 Å². The maximum absolute atomic E-state index is 10.1. The van der Waals surface area contributed by atoms with E-state index in [0.29, 0.717) is 0 Å². The van der Waals surface area contributed by atoms with Crippen molar-refractivity contribution in [2.75, 3.05) is 0 Å². The van der Waals surface area contributed by atoms with Crippen LogP contribution in [0.3, 0.4) is 0 Å². The first kappa shape index (κ1) is 4.84. The zero-order valence-electron chi connectivity index (χ0n) is 3.55. The topological polar surface area (TPSA) is 34.1 Å². The molecule has 1 aliphatic rings. The highest BCUT2D eigenvalue weighted by atomic mass is 32.1. The first-order chi connectivity index (χ1) is 3.22. The smallest absolute Gasteiger partial charge is 0.160 e. The molecule has 7 heavy (non-hydrogen) atoms. The largest absolute Gasteiger partial charge is 0.297 e.